The minimum atomic E-state index is -0.478. The summed E-state index contributed by atoms with van der Waals surface area (Å²) in [5, 5.41) is 12.3. The van der Waals surface area contributed by atoms with Crippen molar-refractivity contribution in [1.29, 1.82) is 0 Å². The Labute approximate surface area is 108 Å². The molecule has 2 aromatic rings. The van der Waals surface area contributed by atoms with Gasteiger partial charge in [0.15, 0.2) is 0 Å². The molecule has 0 bridgehead atoms. The molecule has 1 heterocycles. The van der Waals surface area contributed by atoms with E-state index < -0.39 is 6.03 Å². The molecule has 7 heteroatoms. The number of aromatic nitrogens is 2. The van der Waals surface area contributed by atoms with E-state index in [1.54, 1.807) is 0 Å². The lowest BCUT2D eigenvalue weighted by Crippen LogP contribution is -2.28. The molecule has 19 heavy (non-hydrogen) atoms. The second-order valence-corrected chi connectivity index (χ2v) is 3.54. The van der Waals surface area contributed by atoms with Gasteiger partial charge in [-0.25, -0.2) is 9.18 Å². The van der Waals surface area contributed by atoms with Gasteiger partial charge < -0.3 is 9.73 Å². The molecule has 0 radical (unpaired) electrons. The first-order chi connectivity index (χ1) is 9.19. The first-order valence-corrected chi connectivity index (χ1v) is 5.44. The predicted molar refractivity (Wildman–Crippen MR) is 66.9 cm³/mol. The van der Waals surface area contributed by atoms with Gasteiger partial charge in [-0.2, -0.15) is 0 Å². The number of urea groups is 1. The van der Waals surface area contributed by atoms with Crippen LogP contribution in [0.15, 0.2) is 41.3 Å². The Morgan fingerprint density at radius 1 is 1.37 bits per heavy atom. The zero-order chi connectivity index (χ0) is 13.7. The molecule has 0 aliphatic rings. The number of rotatable bonds is 4. The highest BCUT2D eigenvalue weighted by Crippen LogP contribution is 2.19. The molecule has 0 atom stereocenters. The molecule has 1 aromatic heterocycles. The summed E-state index contributed by atoms with van der Waals surface area (Å²) in [6, 6.07) is 5.05. The van der Waals surface area contributed by atoms with Crippen molar-refractivity contribution in [3.05, 3.63) is 42.7 Å². The summed E-state index contributed by atoms with van der Waals surface area (Å²) in [6.45, 7) is 3.79. The highest BCUT2D eigenvalue weighted by atomic mass is 19.1. The van der Waals surface area contributed by atoms with Crippen LogP contribution < -0.4 is 10.6 Å². The van der Waals surface area contributed by atoms with Crippen LogP contribution in [0.2, 0.25) is 0 Å². The molecule has 0 spiro atoms. The van der Waals surface area contributed by atoms with E-state index >= 15 is 0 Å². The quantitative estimate of drug-likeness (QED) is 0.827. The maximum Gasteiger partial charge on any atom is 0.324 e. The number of halogens is 1. The second-order valence-electron chi connectivity index (χ2n) is 3.54. The maximum absolute atomic E-state index is 12.8. The lowest BCUT2D eigenvalue weighted by Gasteiger charge is -2.00. The van der Waals surface area contributed by atoms with Crippen molar-refractivity contribution in [2.45, 2.75) is 0 Å². The third-order valence-electron chi connectivity index (χ3n) is 2.14. The fraction of sp³-hybridized carbons (Fsp3) is 0.0833. The van der Waals surface area contributed by atoms with Crippen molar-refractivity contribution in [3.63, 3.8) is 0 Å². The molecule has 6 nitrogen and oxygen atoms in total. The third-order valence-corrected chi connectivity index (χ3v) is 2.14. The van der Waals surface area contributed by atoms with Crippen LogP contribution in [0.1, 0.15) is 0 Å². The van der Waals surface area contributed by atoms with Crippen LogP contribution in [0.4, 0.5) is 15.2 Å². The topological polar surface area (TPSA) is 80.0 Å². The van der Waals surface area contributed by atoms with Crippen molar-refractivity contribution >= 4 is 12.0 Å². The number of hydrogen-bond donors (Lipinski definition) is 2. The number of nitrogens with zero attached hydrogens (tertiary/aromatic N) is 2. The molecule has 0 saturated carbocycles. The van der Waals surface area contributed by atoms with E-state index in [-0.39, 0.29) is 17.7 Å². The number of carbonyl (C=O) groups is 1. The minimum Gasteiger partial charge on any atom is -0.403 e. The van der Waals surface area contributed by atoms with E-state index in [0.29, 0.717) is 12.1 Å². The maximum atomic E-state index is 12.8. The van der Waals surface area contributed by atoms with Gasteiger partial charge in [-0.3, -0.25) is 5.32 Å². The lowest BCUT2D eigenvalue weighted by atomic mass is 10.2. The summed E-state index contributed by atoms with van der Waals surface area (Å²) in [7, 11) is 0. The number of hydrogen-bond acceptors (Lipinski definition) is 4. The van der Waals surface area contributed by atoms with E-state index in [1.165, 1.54) is 30.3 Å². The fourth-order valence-corrected chi connectivity index (χ4v) is 1.29. The van der Waals surface area contributed by atoms with Gasteiger partial charge in [-0.05, 0) is 24.3 Å². The molecule has 98 valence electrons. The van der Waals surface area contributed by atoms with E-state index in [0.717, 1.165) is 0 Å². The number of benzene rings is 1. The number of carbonyl (C=O) groups excluding carboxylic acids is 1. The predicted octanol–water partition coefficient (Wildman–Crippen LogP) is 2.18. The van der Waals surface area contributed by atoms with E-state index in [2.05, 4.69) is 27.4 Å². The average molecular weight is 262 g/mol. The first kappa shape index (κ1) is 12.7. The Bertz CT molecular complexity index is 580. The van der Waals surface area contributed by atoms with Crippen LogP contribution in [0, 0.1) is 5.82 Å². The van der Waals surface area contributed by atoms with Gasteiger partial charge >= 0.3 is 12.0 Å². The van der Waals surface area contributed by atoms with Gasteiger partial charge in [-0.15, -0.1) is 11.7 Å². The summed E-state index contributed by atoms with van der Waals surface area (Å²) in [6.07, 6.45) is 1.54. The largest absolute Gasteiger partial charge is 0.403 e. The Morgan fingerprint density at radius 3 is 2.79 bits per heavy atom. The Kier molecular flexibility index (Phi) is 3.87. The van der Waals surface area contributed by atoms with Crippen molar-refractivity contribution in [3.8, 4) is 11.5 Å². The Balaban J connectivity index is 2.04. The normalized spacial score (nSPS) is 9.95. The van der Waals surface area contributed by atoms with Gasteiger partial charge in [0.05, 0.1) is 0 Å². The second kappa shape index (κ2) is 5.76. The number of anilines is 1. The number of nitrogens with one attached hydrogen (secondary N) is 2. The molecular formula is C12H11FN4O2. The molecule has 0 unspecified atom stereocenters. The minimum absolute atomic E-state index is 0.0408. The molecule has 0 aliphatic heterocycles. The van der Waals surface area contributed by atoms with E-state index in [1.807, 2.05) is 0 Å². The first-order valence-electron chi connectivity index (χ1n) is 5.44. The third kappa shape index (κ3) is 3.38. The van der Waals surface area contributed by atoms with Crippen molar-refractivity contribution in [2.24, 2.45) is 0 Å². The molecule has 0 fully saturated rings. The van der Waals surface area contributed by atoms with Gasteiger partial charge in [0.1, 0.15) is 5.82 Å². The zero-order valence-corrected chi connectivity index (χ0v) is 9.89. The molecule has 0 aliphatic carbocycles. The van der Waals surface area contributed by atoms with Crippen molar-refractivity contribution < 1.29 is 13.6 Å². The summed E-state index contributed by atoms with van der Waals surface area (Å²) >= 11 is 0. The molecule has 1 aromatic carbocycles. The van der Waals surface area contributed by atoms with Crippen molar-refractivity contribution in [1.82, 2.24) is 15.5 Å². The van der Waals surface area contributed by atoms with Crippen LogP contribution in [-0.4, -0.2) is 22.8 Å². The van der Waals surface area contributed by atoms with E-state index in [4.69, 9.17) is 4.42 Å². The van der Waals surface area contributed by atoms with Crippen LogP contribution in [0.5, 0.6) is 0 Å². The highest BCUT2D eigenvalue weighted by molar-refractivity contribution is 5.87. The smallest absolute Gasteiger partial charge is 0.324 e. The van der Waals surface area contributed by atoms with E-state index in [9.17, 15) is 9.18 Å². The SMILES string of the molecule is C=CCNC(=O)Nc1nnc(-c2ccc(F)cc2)o1. The van der Waals surface area contributed by atoms with Crippen LogP contribution in [-0.2, 0) is 0 Å². The molecule has 2 amide bonds. The van der Waals surface area contributed by atoms with Crippen LogP contribution in [0.25, 0.3) is 11.5 Å². The van der Waals surface area contributed by atoms with Gasteiger partial charge in [0, 0.05) is 12.1 Å². The Morgan fingerprint density at radius 2 is 2.11 bits per heavy atom. The molecule has 0 saturated heterocycles. The zero-order valence-electron chi connectivity index (χ0n) is 9.89. The van der Waals surface area contributed by atoms with Gasteiger partial charge in [0.25, 0.3) is 0 Å². The monoisotopic (exact) mass is 262 g/mol. The number of amides is 2. The summed E-state index contributed by atoms with van der Waals surface area (Å²) < 4.78 is 18.0. The van der Waals surface area contributed by atoms with Crippen LogP contribution in [0.3, 0.4) is 0 Å². The standard InChI is InChI=1S/C12H11FN4O2/c1-2-7-14-11(18)15-12-17-16-10(19-12)8-3-5-9(13)6-4-8/h2-6H,1,7H2,(H2,14,15,17,18). The van der Waals surface area contributed by atoms with Crippen molar-refractivity contribution in [2.75, 3.05) is 11.9 Å². The molecule has 2 rings (SSSR count). The Hall–Kier alpha value is -2.70. The molecular weight excluding hydrogens is 251 g/mol. The summed E-state index contributed by atoms with van der Waals surface area (Å²) in [5.74, 6) is -0.163. The summed E-state index contributed by atoms with van der Waals surface area (Å²) in [5.41, 5.74) is 0.563. The van der Waals surface area contributed by atoms with Gasteiger partial charge in [-0.1, -0.05) is 11.2 Å². The lowest BCUT2D eigenvalue weighted by molar-refractivity contribution is 0.252. The fourth-order valence-electron chi connectivity index (χ4n) is 1.29. The summed E-state index contributed by atoms with van der Waals surface area (Å²) in [4.78, 5) is 11.3. The van der Waals surface area contributed by atoms with Crippen LogP contribution >= 0.6 is 0 Å². The average Bonchev–Trinajstić information content (AvgIpc) is 2.85. The molecule has 2 N–H and O–H groups in total. The van der Waals surface area contributed by atoms with Gasteiger partial charge in [0.2, 0.25) is 5.89 Å². The highest BCUT2D eigenvalue weighted by Gasteiger charge is 2.10.